The maximum Gasteiger partial charge on any atom is 0.0944 e. The Kier molecular flexibility index (Phi) is 6.26. The van der Waals surface area contributed by atoms with Crippen molar-refractivity contribution in [2.45, 2.75) is 52.0 Å². The summed E-state index contributed by atoms with van der Waals surface area (Å²) in [6.07, 6.45) is 2.03. The van der Waals surface area contributed by atoms with Crippen molar-refractivity contribution >= 4 is 11.3 Å². The van der Waals surface area contributed by atoms with Crippen LogP contribution >= 0.6 is 11.3 Å². The van der Waals surface area contributed by atoms with E-state index in [9.17, 15) is 0 Å². The van der Waals surface area contributed by atoms with Crippen molar-refractivity contribution in [3.05, 3.63) is 16.1 Å². The molecule has 0 amide bonds. The van der Waals surface area contributed by atoms with Crippen LogP contribution < -0.4 is 5.32 Å². The highest BCUT2D eigenvalue weighted by Gasteiger charge is 2.18. The molecule has 0 fully saturated rings. The summed E-state index contributed by atoms with van der Waals surface area (Å²) in [4.78, 5) is 4.75. The highest BCUT2D eigenvalue weighted by atomic mass is 32.1. The Hall–Kier alpha value is -0.450. The molecule has 3 nitrogen and oxygen atoms in total. The van der Waals surface area contributed by atoms with E-state index in [-0.39, 0.29) is 5.41 Å². The number of nitrogens with zero attached hydrogens (tertiary/aromatic N) is 1. The first kappa shape index (κ1) is 15.6. The van der Waals surface area contributed by atoms with Crippen molar-refractivity contribution in [1.82, 2.24) is 10.3 Å². The summed E-state index contributed by atoms with van der Waals surface area (Å²) in [5, 5.41) is 6.91. The molecule has 1 atom stereocenters. The van der Waals surface area contributed by atoms with Crippen LogP contribution in [0.2, 0.25) is 0 Å². The second-order valence-corrected chi connectivity index (χ2v) is 6.56. The van der Waals surface area contributed by atoms with Gasteiger partial charge in [-0.2, -0.15) is 0 Å². The molecule has 1 rings (SSSR count). The second kappa shape index (κ2) is 7.22. The molecule has 0 aliphatic carbocycles. The van der Waals surface area contributed by atoms with Gasteiger partial charge in [0.25, 0.3) is 0 Å². The van der Waals surface area contributed by atoms with E-state index in [1.807, 2.05) is 0 Å². The summed E-state index contributed by atoms with van der Waals surface area (Å²) >= 11 is 1.77. The number of hydrogen-bond acceptors (Lipinski definition) is 4. The zero-order valence-electron chi connectivity index (χ0n) is 12.2. The zero-order chi connectivity index (χ0) is 13.6. The van der Waals surface area contributed by atoms with Crippen molar-refractivity contribution in [3.63, 3.8) is 0 Å². The van der Waals surface area contributed by atoms with Crippen LogP contribution in [-0.2, 0) is 16.6 Å². The van der Waals surface area contributed by atoms with Crippen molar-refractivity contribution < 1.29 is 4.74 Å². The van der Waals surface area contributed by atoms with Crippen molar-refractivity contribution in [2.24, 2.45) is 0 Å². The number of methoxy groups -OCH3 is 1. The van der Waals surface area contributed by atoms with E-state index in [4.69, 9.17) is 9.72 Å². The summed E-state index contributed by atoms with van der Waals surface area (Å²) in [5.74, 6) is 0. The van der Waals surface area contributed by atoms with Crippen LogP contribution in [0.25, 0.3) is 0 Å². The Morgan fingerprint density at radius 3 is 2.67 bits per heavy atom. The fourth-order valence-electron chi connectivity index (χ4n) is 1.78. The van der Waals surface area contributed by atoms with Gasteiger partial charge in [-0.05, 0) is 13.0 Å². The monoisotopic (exact) mass is 270 g/mol. The second-order valence-electron chi connectivity index (χ2n) is 5.62. The minimum atomic E-state index is 0.148. The SMILES string of the molecule is CCNC(CCOC)Cc1nc(C(C)(C)C)cs1. The molecular formula is C14H26N2OS. The van der Waals surface area contributed by atoms with Crippen LogP contribution in [0.5, 0.6) is 0 Å². The van der Waals surface area contributed by atoms with E-state index < -0.39 is 0 Å². The molecule has 104 valence electrons. The van der Waals surface area contributed by atoms with Crippen LogP contribution in [0.3, 0.4) is 0 Å². The summed E-state index contributed by atoms with van der Waals surface area (Å²) < 4.78 is 5.16. The molecule has 0 saturated carbocycles. The molecule has 1 aromatic heterocycles. The van der Waals surface area contributed by atoms with E-state index in [2.05, 4.69) is 38.4 Å². The van der Waals surface area contributed by atoms with Gasteiger partial charge >= 0.3 is 0 Å². The smallest absolute Gasteiger partial charge is 0.0944 e. The summed E-state index contributed by atoms with van der Waals surface area (Å²) in [6, 6.07) is 0.467. The number of ether oxygens (including phenoxy) is 1. The topological polar surface area (TPSA) is 34.1 Å². The molecule has 1 heterocycles. The van der Waals surface area contributed by atoms with Crippen LogP contribution in [-0.4, -0.2) is 31.3 Å². The van der Waals surface area contributed by atoms with Gasteiger partial charge in [-0.1, -0.05) is 27.7 Å². The first-order valence-corrected chi connectivity index (χ1v) is 7.52. The van der Waals surface area contributed by atoms with Gasteiger partial charge in [0, 0.05) is 37.0 Å². The Morgan fingerprint density at radius 2 is 2.17 bits per heavy atom. The molecule has 0 spiro atoms. The van der Waals surface area contributed by atoms with Gasteiger partial charge in [0.15, 0.2) is 0 Å². The van der Waals surface area contributed by atoms with Crippen molar-refractivity contribution in [1.29, 1.82) is 0 Å². The number of rotatable bonds is 7. The minimum absolute atomic E-state index is 0.148. The lowest BCUT2D eigenvalue weighted by atomic mass is 9.93. The molecule has 0 aliphatic heterocycles. The lowest BCUT2D eigenvalue weighted by Crippen LogP contribution is -2.32. The molecule has 0 radical (unpaired) electrons. The maximum absolute atomic E-state index is 5.16. The van der Waals surface area contributed by atoms with Crippen LogP contribution in [0.1, 0.15) is 44.8 Å². The molecule has 1 unspecified atom stereocenters. The van der Waals surface area contributed by atoms with Crippen molar-refractivity contribution in [3.8, 4) is 0 Å². The average molecular weight is 270 g/mol. The molecule has 0 bridgehead atoms. The van der Waals surface area contributed by atoms with Gasteiger partial charge in [-0.25, -0.2) is 4.98 Å². The normalized spacial score (nSPS) is 13.8. The predicted molar refractivity (Wildman–Crippen MR) is 78.5 cm³/mol. The zero-order valence-corrected chi connectivity index (χ0v) is 13.1. The third kappa shape index (κ3) is 5.04. The number of thiazole rings is 1. The molecule has 1 aromatic rings. The Morgan fingerprint density at radius 1 is 1.44 bits per heavy atom. The predicted octanol–water partition coefficient (Wildman–Crippen LogP) is 3.00. The first-order chi connectivity index (χ1) is 8.47. The van der Waals surface area contributed by atoms with E-state index in [1.54, 1.807) is 18.4 Å². The lowest BCUT2D eigenvalue weighted by Gasteiger charge is -2.17. The summed E-state index contributed by atoms with van der Waals surface area (Å²) in [5.41, 5.74) is 1.35. The molecule has 0 aromatic carbocycles. The number of likely N-dealkylation sites (N-methyl/N-ethyl adjacent to an activating group) is 1. The summed E-state index contributed by atoms with van der Waals surface area (Å²) in [7, 11) is 1.75. The number of nitrogens with one attached hydrogen (secondary N) is 1. The maximum atomic E-state index is 5.16. The lowest BCUT2D eigenvalue weighted by molar-refractivity contribution is 0.183. The minimum Gasteiger partial charge on any atom is -0.385 e. The Bertz CT molecular complexity index is 344. The van der Waals surface area contributed by atoms with E-state index in [1.165, 1.54) is 10.7 Å². The molecule has 4 heteroatoms. The molecular weight excluding hydrogens is 244 g/mol. The first-order valence-electron chi connectivity index (χ1n) is 6.64. The standard InChI is InChI=1S/C14H26N2OS/c1-6-15-11(7-8-17-5)9-13-16-12(10-18-13)14(2,3)4/h10-11,15H,6-9H2,1-5H3. The van der Waals surface area contributed by atoms with Crippen LogP contribution in [0.4, 0.5) is 0 Å². The van der Waals surface area contributed by atoms with E-state index >= 15 is 0 Å². The summed E-state index contributed by atoms with van der Waals surface area (Å²) in [6.45, 7) is 10.6. The molecule has 1 N–H and O–H groups in total. The van der Waals surface area contributed by atoms with Gasteiger partial charge in [0.05, 0.1) is 10.7 Å². The van der Waals surface area contributed by atoms with E-state index in [0.29, 0.717) is 6.04 Å². The highest BCUT2D eigenvalue weighted by Crippen LogP contribution is 2.24. The van der Waals surface area contributed by atoms with Crippen LogP contribution in [0, 0.1) is 0 Å². The molecule has 0 saturated heterocycles. The molecule has 0 aliphatic rings. The third-order valence-electron chi connectivity index (χ3n) is 2.90. The van der Waals surface area contributed by atoms with Crippen molar-refractivity contribution in [2.75, 3.05) is 20.3 Å². The number of hydrogen-bond donors (Lipinski definition) is 1. The fraction of sp³-hybridized carbons (Fsp3) is 0.786. The molecule has 18 heavy (non-hydrogen) atoms. The van der Waals surface area contributed by atoms with Gasteiger partial charge < -0.3 is 10.1 Å². The number of aromatic nitrogens is 1. The largest absolute Gasteiger partial charge is 0.385 e. The van der Waals surface area contributed by atoms with E-state index in [0.717, 1.165) is 26.0 Å². The average Bonchev–Trinajstić information content (AvgIpc) is 2.74. The van der Waals surface area contributed by atoms with Gasteiger partial charge in [-0.15, -0.1) is 11.3 Å². The third-order valence-corrected chi connectivity index (χ3v) is 3.78. The van der Waals surface area contributed by atoms with Crippen LogP contribution in [0.15, 0.2) is 5.38 Å². The van der Waals surface area contributed by atoms with Gasteiger partial charge in [0.1, 0.15) is 0 Å². The quantitative estimate of drug-likeness (QED) is 0.827. The van der Waals surface area contributed by atoms with Gasteiger partial charge in [0.2, 0.25) is 0 Å². The Balaban J connectivity index is 2.60. The Labute approximate surface area is 115 Å². The highest BCUT2D eigenvalue weighted by molar-refractivity contribution is 7.09. The van der Waals surface area contributed by atoms with Gasteiger partial charge in [-0.3, -0.25) is 0 Å². The fourth-order valence-corrected chi connectivity index (χ4v) is 2.89.